The van der Waals surface area contributed by atoms with Crippen LogP contribution in [-0.2, 0) is 0 Å². The van der Waals surface area contributed by atoms with E-state index in [-0.39, 0.29) is 5.91 Å². The lowest BCUT2D eigenvalue weighted by atomic mass is 9.97. The Hall–Kier alpha value is -1.35. The molecular formula is C20H30N2O. The summed E-state index contributed by atoms with van der Waals surface area (Å²) in [5, 5.41) is 0. The van der Waals surface area contributed by atoms with Crippen LogP contribution < -0.4 is 0 Å². The molecule has 3 heteroatoms. The van der Waals surface area contributed by atoms with E-state index in [1.807, 2.05) is 18.2 Å². The van der Waals surface area contributed by atoms with Crippen molar-refractivity contribution in [3.8, 4) is 0 Å². The molecule has 0 radical (unpaired) electrons. The van der Waals surface area contributed by atoms with Crippen molar-refractivity contribution in [3.05, 3.63) is 35.4 Å². The quantitative estimate of drug-likeness (QED) is 0.842. The maximum Gasteiger partial charge on any atom is 0.254 e. The Labute approximate surface area is 140 Å². The highest BCUT2D eigenvalue weighted by molar-refractivity contribution is 5.94. The number of hydrogen-bond acceptors (Lipinski definition) is 2. The number of aryl methyl sites for hydroxylation is 1. The van der Waals surface area contributed by atoms with Crippen LogP contribution in [-0.4, -0.2) is 47.9 Å². The van der Waals surface area contributed by atoms with Crippen molar-refractivity contribution in [3.63, 3.8) is 0 Å². The van der Waals surface area contributed by atoms with Gasteiger partial charge in [0.2, 0.25) is 0 Å². The number of carbonyl (C=O) groups excluding carboxylic acids is 1. The average molecular weight is 314 g/mol. The van der Waals surface area contributed by atoms with Crippen molar-refractivity contribution in [2.45, 2.75) is 57.9 Å². The van der Waals surface area contributed by atoms with Crippen LogP contribution in [0.15, 0.2) is 24.3 Å². The smallest absolute Gasteiger partial charge is 0.254 e. The van der Waals surface area contributed by atoms with Crippen LogP contribution in [0.3, 0.4) is 0 Å². The van der Waals surface area contributed by atoms with Gasteiger partial charge in [0, 0.05) is 24.7 Å². The number of hydrogen-bond donors (Lipinski definition) is 0. The van der Waals surface area contributed by atoms with Crippen molar-refractivity contribution >= 4 is 5.91 Å². The Kier molecular flexibility index (Phi) is 5.71. The van der Waals surface area contributed by atoms with Crippen molar-refractivity contribution in [2.75, 3.05) is 26.2 Å². The van der Waals surface area contributed by atoms with Crippen LogP contribution in [0.2, 0.25) is 0 Å². The molecule has 2 fully saturated rings. The van der Waals surface area contributed by atoms with E-state index >= 15 is 0 Å². The van der Waals surface area contributed by atoms with Gasteiger partial charge >= 0.3 is 0 Å². The fraction of sp³-hybridized carbons (Fsp3) is 0.650. The molecule has 1 aromatic carbocycles. The SMILES string of the molecule is Cc1cccc(C(=O)N2CCCC[C@H]2CCN2CCCCC2)c1. The van der Waals surface area contributed by atoms with Gasteiger partial charge in [0.25, 0.3) is 5.91 Å². The van der Waals surface area contributed by atoms with Crippen molar-refractivity contribution < 1.29 is 4.79 Å². The van der Waals surface area contributed by atoms with Crippen molar-refractivity contribution in [1.29, 1.82) is 0 Å². The summed E-state index contributed by atoms with van der Waals surface area (Å²) < 4.78 is 0. The zero-order valence-electron chi connectivity index (χ0n) is 14.5. The molecule has 2 aliphatic rings. The second kappa shape index (κ2) is 7.96. The maximum absolute atomic E-state index is 12.9. The molecule has 0 N–H and O–H groups in total. The van der Waals surface area contributed by atoms with Crippen LogP contribution in [0.25, 0.3) is 0 Å². The van der Waals surface area contributed by atoms with Gasteiger partial charge < -0.3 is 9.80 Å². The lowest BCUT2D eigenvalue weighted by molar-refractivity contribution is 0.0579. The molecule has 1 aromatic rings. The molecule has 0 spiro atoms. The number of amides is 1. The molecule has 0 bridgehead atoms. The van der Waals surface area contributed by atoms with Gasteiger partial charge in [0.1, 0.15) is 0 Å². The predicted molar refractivity (Wildman–Crippen MR) is 94.8 cm³/mol. The molecule has 3 rings (SSSR count). The second-order valence-electron chi connectivity index (χ2n) is 7.21. The van der Waals surface area contributed by atoms with Gasteiger partial charge in [-0.3, -0.25) is 4.79 Å². The number of likely N-dealkylation sites (tertiary alicyclic amines) is 2. The van der Waals surface area contributed by atoms with Crippen LogP contribution in [0, 0.1) is 6.92 Å². The fourth-order valence-electron chi connectivity index (χ4n) is 4.03. The van der Waals surface area contributed by atoms with E-state index in [1.165, 1.54) is 45.2 Å². The Morgan fingerprint density at radius 1 is 1.09 bits per heavy atom. The lowest BCUT2D eigenvalue weighted by Gasteiger charge is -2.37. The summed E-state index contributed by atoms with van der Waals surface area (Å²) in [7, 11) is 0. The first-order valence-electron chi connectivity index (χ1n) is 9.34. The normalized spacial score (nSPS) is 23.0. The van der Waals surface area contributed by atoms with Crippen LogP contribution in [0.5, 0.6) is 0 Å². The Bertz CT molecular complexity index is 522. The highest BCUT2D eigenvalue weighted by Crippen LogP contribution is 2.23. The molecule has 2 heterocycles. The topological polar surface area (TPSA) is 23.6 Å². The first-order chi connectivity index (χ1) is 11.2. The third kappa shape index (κ3) is 4.35. The maximum atomic E-state index is 12.9. The van der Waals surface area contributed by atoms with Crippen LogP contribution >= 0.6 is 0 Å². The molecule has 0 aromatic heterocycles. The van der Waals surface area contributed by atoms with Gasteiger partial charge in [0.05, 0.1) is 0 Å². The molecule has 0 aliphatic carbocycles. The van der Waals surface area contributed by atoms with Crippen molar-refractivity contribution in [1.82, 2.24) is 9.80 Å². The van der Waals surface area contributed by atoms with Gasteiger partial charge in [-0.25, -0.2) is 0 Å². The van der Waals surface area contributed by atoms with Gasteiger partial charge in [0.15, 0.2) is 0 Å². The third-order valence-electron chi connectivity index (χ3n) is 5.38. The third-order valence-corrected chi connectivity index (χ3v) is 5.38. The minimum Gasteiger partial charge on any atom is -0.336 e. The van der Waals surface area contributed by atoms with Crippen LogP contribution in [0.1, 0.15) is 60.9 Å². The zero-order chi connectivity index (χ0) is 16.1. The minimum absolute atomic E-state index is 0.233. The Morgan fingerprint density at radius 2 is 1.87 bits per heavy atom. The molecule has 1 atom stereocenters. The summed E-state index contributed by atoms with van der Waals surface area (Å²) in [6.07, 6.45) is 8.80. The number of piperidine rings is 2. The number of nitrogens with zero attached hydrogens (tertiary/aromatic N) is 2. The summed E-state index contributed by atoms with van der Waals surface area (Å²) in [5.74, 6) is 0.233. The molecule has 0 unspecified atom stereocenters. The average Bonchev–Trinajstić information content (AvgIpc) is 2.60. The van der Waals surface area contributed by atoms with Gasteiger partial charge in [-0.1, -0.05) is 24.1 Å². The standard InChI is InChI=1S/C20H30N2O/c1-17-8-7-9-18(16-17)20(23)22-14-6-3-10-19(22)11-15-21-12-4-2-5-13-21/h7-9,16,19H,2-6,10-15H2,1H3/t19-/m0/s1. The summed E-state index contributed by atoms with van der Waals surface area (Å²) in [4.78, 5) is 17.7. The fourth-order valence-corrected chi connectivity index (χ4v) is 4.03. The van der Waals surface area contributed by atoms with E-state index < -0.39 is 0 Å². The molecule has 126 valence electrons. The molecule has 1 amide bonds. The molecular weight excluding hydrogens is 284 g/mol. The largest absolute Gasteiger partial charge is 0.336 e. The van der Waals surface area contributed by atoms with Gasteiger partial charge in [-0.2, -0.15) is 0 Å². The first-order valence-corrected chi connectivity index (χ1v) is 9.34. The van der Waals surface area contributed by atoms with Gasteiger partial charge in [-0.05, 0) is 70.7 Å². The molecule has 2 aliphatic heterocycles. The highest BCUT2D eigenvalue weighted by atomic mass is 16.2. The molecule has 2 saturated heterocycles. The second-order valence-corrected chi connectivity index (χ2v) is 7.21. The Balaban J connectivity index is 1.62. The Morgan fingerprint density at radius 3 is 2.65 bits per heavy atom. The van der Waals surface area contributed by atoms with E-state index in [0.717, 1.165) is 37.1 Å². The number of rotatable bonds is 4. The molecule has 23 heavy (non-hydrogen) atoms. The summed E-state index contributed by atoms with van der Waals surface area (Å²) in [5.41, 5.74) is 2.02. The summed E-state index contributed by atoms with van der Waals surface area (Å²) >= 11 is 0. The van der Waals surface area contributed by atoms with Crippen LogP contribution in [0.4, 0.5) is 0 Å². The van der Waals surface area contributed by atoms with E-state index in [1.54, 1.807) is 0 Å². The number of benzene rings is 1. The summed E-state index contributed by atoms with van der Waals surface area (Å²) in [6, 6.07) is 8.47. The van der Waals surface area contributed by atoms with Crippen molar-refractivity contribution in [2.24, 2.45) is 0 Å². The zero-order valence-corrected chi connectivity index (χ0v) is 14.5. The molecule has 0 saturated carbocycles. The summed E-state index contributed by atoms with van der Waals surface area (Å²) in [6.45, 7) is 6.64. The monoisotopic (exact) mass is 314 g/mol. The van der Waals surface area contributed by atoms with E-state index in [4.69, 9.17) is 0 Å². The van der Waals surface area contributed by atoms with E-state index in [9.17, 15) is 4.79 Å². The van der Waals surface area contributed by atoms with E-state index in [2.05, 4.69) is 22.8 Å². The minimum atomic E-state index is 0.233. The first kappa shape index (κ1) is 16.5. The highest BCUT2D eigenvalue weighted by Gasteiger charge is 2.27. The van der Waals surface area contributed by atoms with E-state index in [0.29, 0.717) is 6.04 Å². The molecule has 3 nitrogen and oxygen atoms in total. The predicted octanol–water partition coefficient (Wildman–Crippen LogP) is 3.87. The van der Waals surface area contributed by atoms with Gasteiger partial charge in [-0.15, -0.1) is 0 Å². The lowest BCUT2D eigenvalue weighted by Crippen LogP contribution is -2.45. The number of carbonyl (C=O) groups is 1.